The van der Waals surface area contributed by atoms with E-state index in [-0.39, 0.29) is 0 Å². The van der Waals surface area contributed by atoms with E-state index in [2.05, 4.69) is 126 Å². The molecule has 9 aromatic rings. The van der Waals surface area contributed by atoms with Crippen molar-refractivity contribution in [2.75, 3.05) is 4.90 Å². The van der Waals surface area contributed by atoms with E-state index in [0.717, 1.165) is 77.9 Å². The third-order valence-electron chi connectivity index (χ3n) is 8.72. The van der Waals surface area contributed by atoms with Crippen molar-refractivity contribution in [2.24, 2.45) is 0 Å². The number of rotatable bonds is 6. The zero-order valence-electron chi connectivity index (χ0n) is 25.4. The Morgan fingerprint density at radius 1 is 0.404 bits per heavy atom. The largest absolute Gasteiger partial charge is 0.455 e. The highest BCUT2D eigenvalue weighted by Gasteiger charge is 2.16. The standard InChI is InChI=1S/C43H28N2O2/c1-3-10-33(11-4-1)45(34-12-5-2-6-13-34)35-25-22-30(23-26-35)29-18-20-31(21-19-29)36-14-9-15-37-38-28-32(24-27-40(38)46-42(36)37)43-44-39-16-7-8-17-41(39)47-43/h1-28H. The fourth-order valence-electron chi connectivity index (χ4n) is 6.40. The van der Waals surface area contributed by atoms with Gasteiger partial charge in [-0.25, -0.2) is 4.98 Å². The summed E-state index contributed by atoms with van der Waals surface area (Å²) in [7, 11) is 0. The van der Waals surface area contributed by atoms with E-state index in [4.69, 9.17) is 13.8 Å². The molecular weight excluding hydrogens is 576 g/mol. The first-order valence-corrected chi connectivity index (χ1v) is 15.7. The number of furan rings is 1. The first-order chi connectivity index (χ1) is 23.3. The van der Waals surface area contributed by atoms with Crippen molar-refractivity contribution in [3.63, 3.8) is 0 Å². The summed E-state index contributed by atoms with van der Waals surface area (Å²) in [6.45, 7) is 0. The van der Waals surface area contributed by atoms with E-state index >= 15 is 0 Å². The van der Waals surface area contributed by atoms with Gasteiger partial charge in [-0.15, -0.1) is 0 Å². The molecule has 222 valence electrons. The molecule has 0 unspecified atom stereocenters. The summed E-state index contributed by atoms with van der Waals surface area (Å²) in [5.41, 5.74) is 12.1. The van der Waals surface area contributed by atoms with E-state index in [1.807, 2.05) is 48.5 Å². The molecule has 0 aliphatic heterocycles. The molecule has 0 aliphatic rings. The van der Waals surface area contributed by atoms with Gasteiger partial charge in [-0.1, -0.05) is 103 Å². The summed E-state index contributed by atoms with van der Waals surface area (Å²) in [6, 6.07) is 58.7. The lowest BCUT2D eigenvalue weighted by Crippen LogP contribution is -2.09. The summed E-state index contributed by atoms with van der Waals surface area (Å²) in [5, 5.41) is 2.11. The SMILES string of the molecule is c1ccc(N(c2ccccc2)c2ccc(-c3ccc(-c4cccc5c4oc4ccc(-c6nc7ccccc7o6)cc45)cc3)cc2)cc1. The van der Waals surface area contributed by atoms with Crippen LogP contribution in [0.1, 0.15) is 0 Å². The van der Waals surface area contributed by atoms with Crippen LogP contribution in [0.4, 0.5) is 17.1 Å². The van der Waals surface area contributed by atoms with Crippen LogP contribution in [0, 0.1) is 0 Å². The van der Waals surface area contributed by atoms with Gasteiger partial charge in [-0.2, -0.15) is 0 Å². The number of oxazole rings is 1. The predicted octanol–water partition coefficient (Wildman–Crippen LogP) is 12.2. The quantitative estimate of drug-likeness (QED) is 0.189. The lowest BCUT2D eigenvalue weighted by Gasteiger charge is -2.25. The van der Waals surface area contributed by atoms with Gasteiger partial charge in [-0.3, -0.25) is 0 Å². The van der Waals surface area contributed by atoms with Gasteiger partial charge in [0.15, 0.2) is 5.58 Å². The molecule has 0 bridgehead atoms. The topological polar surface area (TPSA) is 42.4 Å². The summed E-state index contributed by atoms with van der Waals surface area (Å²) in [6.07, 6.45) is 0. The third kappa shape index (κ3) is 4.84. The lowest BCUT2D eigenvalue weighted by atomic mass is 9.98. The number of para-hydroxylation sites is 5. The normalized spacial score (nSPS) is 11.4. The molecule has 0 saturated heterocycles. The van der Waals surface area contributed by atoms with Crippen molar-refractivity contribution < 1.29 is 8.83 Å². The van der Waals surface area contributed by atoms with Gasteiger partial charge in [0.1, 0.15) is 16.7 Å². The minimum absolute atomic E-state index is 0.607. The van der Waals surface area contributed by atoms with Crippen molar-refractivity contribution in [1.29, 1.82) is 0 Å². The van der Waals surface area contributed by atoms with E-state index in [1.54, 1.807) is 0 Å². The Morgan fingerprint density at radius 3 is 1.70 bits per heavy atom. The smallest absolute Gasteiger partial charge is 0.227 e. The van der Waals surface area contributed by atoms with Crippen LogP contribution in [-0.2, 0) is 0 Å². The molecule has 2 aromatic heterocycles. The zero-order valence-corrected chi connectivity index (χ0v) is 25.4. The van der Waals surface area contributed by atoms with Gasteiger partial charge in [0, 0.05) is 39.0 Å². The van der Waals surface area contributed by atoms with Gasteiger partial charge in [0.2, 0.25) is 5.89 Å². The van der Waals surface area contributed by atoms with Crippen LogP contribution in [0.3, 0.4) is 0 Å². The maximum absolute atomic E-state index is 6.46. The molecule has 2 heterocycles. The van der Waals surface area contributed by atoms with E-state index in [9.17, 15) is 0 Å². The molecule has 0 spiro atoms. The van der Waals surface area contributed by atoms with Crippen molar-refractivity contribution in [1.82, 2.24) is 4.98 Å². The number of nitrogens with zero attached hydrogens (tertiary/aromatic N) is 2. The van der Waals surface area contributed by atoms with Crippen LogP contribution >= 0.6 is 0 Å². The highest BCUT2D eigenvalue weighted by molar-refractivity contribution is 6.10. The molecule has 0 aliphatic carbocycles. The fourth-order valence-corrected chi connectivity index (χ4v) is 6.40. The number of aromatic nitrogens is 1. The van der Waals surface area contributed by atoms with Crippen LogP contribution in [0.25, 0.3) is 66.7 Å². The second-order valence-corrected chi connectivity index (χ2v) is 11.6. The van der Waals surface area contributed by atoms with Crippen LogP contribution in [-0.4, -0.2) is 4.98 Å². The zero-order chi connectivity index (χ0) is 31.2. The van der Waals surface area contributed by atoms with Gasteiger partial charge >= 0.3 is 0 Å². The molecule has 47 heavy (non-hydrogen) atoms. The molecule has 9 rings (SSSR count). The van der Waals surface area contributed by atoms with Gasteiger partial charge in [-0.05, 0) is 83.4 Å². The van der Waals surface area contributed by atoms with E-state index < -0.39 is 0 Å². The molecule has 4 nitrogen and oxygen atoms in total. The number of fused-ring (bicyclic) bond motifs is 4. The molecular formula is C43H28N2O2. The van der Waals surface area contributed by atoms with Gasteiger partial charge in [0.05, 0.1) is 0 Å². The lowest BCUT2D eigenvalue weighted by molar-refractivity contribution is 0.620. The molecule has 0 amide bonds. The number of hydrogen-bond acceptors (Lipinski definition) is 4. The molecule has 0 fully saturated rings. The average molecular weight is 605 g/mol. The Balaban J connectivity index is 1.03. The molecule has 7 aromatic carbocycles. The van der Waals surface area contributed by atoms with E-state index in [1.165, 1.54) is 0 Å². The second kappa shape index (κ2) is 11.2. The van der Waals surface area contributed by atoms with Crippen molar-refractivity contribution in [2.45, 2.75) is 0 Å². The molecule has 0 radical (unpaired) electrons. The molecule has 0 saturated carbocycles. The maximum atomic E-state index is 6.46. The number of hydrogen-bond donors (Lipinski definition) is 0. The highest BCUT2D eigenvalue weighted by Crippen LogP contribution is 2.39. The number of benzene rings is 7. The average Bonchev–Trinajstić information content (AvgIpc) is 3.75. The van der Waals surface area contributed by atoms with Crippen LogP contribution in [0.5, 0.6) is 0 Å². The second-order valence-electron chi connectivity index (χ2n) is 11.6. The Morgan fingerprint density at radius 2 is 1.00 bits per heavy atom. The van der Waals surface area contributed by atoms with Gasteiger partial charge in [0.25, 0.3) is 0 Å². The fraction of sp³-hybridized carbons (Fsp3) is 0. The highest BCUT2D eigenvalue weighted by atomic mass is 16.3. The minimum atomic E-state index is 0.607. The summed E-state index contributed by atoms with van der Waals surface area (Å²) >= 11 is 0. The Bertz CT molecular complexity index is 2420. The Kier molecular flexibility index (Phi) is 6.43. The van der Waals surface area contributed by atoms with Crippen LogP contribution < -0.4 is 4.90 Å². The van der Waals surface area contributed by atoms with Crippen molar-refractivity contribution in [3.05, 3.63) is 170 Å². The Hall–Kier alpha value is -6.39. The first-order valence-electron chi connectivity index (χ1n) is 15.7. The van der Waals surface area contributed by atoms with Crippen molar-refractivity contribution >= 4 is 50.1 Å². The molecule has 0 atom stereocenters. The van der Waals surface area contributed by atoms with Crippen molar-refractivity contribution in [3.8, 4) is 33.7 Å². The number of anilines is 3. The van der Waals surface area contributed by atoms with Crippen LogP contribution in [0.2, 0.25) is 0 Å². The third-order valence-corrected chi connectivity index (χ3v) is 8.72. The predicted molar refractivity (Wildman–Crippen MR) is 192 cm³/mol. The molecule has 4 heteroatoms. The monoisotopic (exact) mass is 604 g/mol. The van der Waals surface area contributed by atoms with Crippen LogP contribution in [0.15, 0.2) is 179 Å². The maximum Gasteiger partial charge on any atom is 0.227 e. The minimum Gasteiger partial charge on any atom is -0.455 e. The first kappa shape index (κ1) is 27.0. The van der Waals surface area contributed by atoms with E-state index in [0.29, 0.717) is 5.89 Å². The molecule has 0 N–H and O–H groups in total. The Labute approximate surface area is 271 Å². The summed E-state index contributed by atoms with van der Waals surface area (Å²) in [4.78, 5) is 6.97. The van der Waals surface area contributed by atoms with Gasteiger partial charge < -0.3 is 13.7 Å². The summed E-state index contributed by atoms with van der Waals surface area (Å²) < 4.78 is 12.5. The summed E-state index contributed by atoms with van der Waals surface area (Å²) in [5.74, 6) is 0.607.